The number of benzene rings is 1. The number of ether oxygens (including phenoxy) is 1. The van der Waals surface area contributed by atoms with Gasteiger partial charge in [-0.3, -0.25) is 4.79 Å². The van der Waals surface area contributed by atoms with E-state index in [1.165, 1.54) is 0 Å². The Hall–Kier alpha value is -1.88. The van der Waals surface area contributed by atoms with Crippen LogP contribution >= 0.6 is 11.8 Å². The Morgan fingerprint density at radius 2 is 2.14 bits per heavy atom. The van der Waals surface area contributed by atoms with Crippen LogP contribution in [0.25, 0.3) is 0 Å². The van der Waals surface area contributed by atoms with E-state index in [0.29, 0.717) is 17.2 Å². The number of para-hydroxylation sites is 2. The lowest BCUT2D eigenvalue weighted by molar-refractivity contribution is -0.115. The van der Waals surface area contributed by atoms with Crippen LogP contribution in [0.1, 0.15) is 19.1 Å². The summed E-state index contributed by atoms with van der Waals surface area (Å²) in [6, 6.07) is 11.2. The van der Waals surface area contributed by atoms with Crippen molar-refractivity contribution < 1.29 is 13.9 Å². The van der Waals surface area contributed by atoms with Crippen LogP contribution in [0.3, 0.4) is 0 Å². The number of thioether (sulfide) groups is 1. The van der Waals surface area contributed by atoms with E-state index in [9.17, 15) is 4.79 Å². The summed E-state index contributed by atoms with van der Waals surface area (Å²) >= 11 is 1.57. The standard InChI is InChI=1S/C16H19NO3S/c1-3-15(21-11-12-7-6-10-20-12)16(18)17-13-8-4-5-9-14(13)19-2/h4-10,15H,3,11H2,1-2H3,(H,17,18). The van der Waals surface area contributed by atoms with Gasteiger partial charge in [-0.25, -0.2) is 0 Å². The van der Waals surface area contributed by atoms with Gasteiger partial charge in [0.2, 0.25) is 5.91 Å². The molecule has 4 nitrogen and oxygen atoms in total. The summed E-state index contributed by atoms with van der Waals surface area (Å²) in [5.74, 6) is 2.21. The lowest BCUT2D eigenvalue weighted by atomic mass is 10.2. The molecule has 1 unspecified atom stereocenters. The van der Waals surface area contributed by atoms with Crippen LogP contribution in [0.5, 0.6) is 5.75 Å². The average molecular weight is 305 g/mol. The predicted octanol–water partition coefficient (Wildman–Crippen LogP) is 3.94. The zero-order chi connectivity index (χ0) is 15.1. The molecule has 0 spiro atoms. The molecular weight excluding hydrogens is 286 g/mol. The molecule has 0 aliphatic heterocycles. The fourth-order valence-corrected chi connectivity index (χ4v) is 2.89. The van der Waals surface area contributed by atoms with E-state index in [0.717, 1.165) is 12.2 Å². The molecule has 21 heavy (non-hydrogen) atoms. The van der Waals surface area contributed by atoms with Gasteiger partial charge >= 0.3 is 0 Å². The second kappa shape index (κ2) is 7.78. The van der Waals surface area contributed by atoms with Gasteiger partial charge in [0.15, 0.2) is 0 Å². The molecule has 0 radical (unpaired) electrons. The van der Waals surface area contributed by atoms with Crippen LogP contribution < -0.4 is 10.1 Å². The minimum atomic E-state index is -0.125. The molecule has 5 heteroatoms. The molecule has 1 aromatic carbocycles. The number of methoxy groups -OCH3 is 1. The molecule has 1 heterocycles. The number of hydrogen-bond acceptors (Lipinski definition) is 4. The molecule has 0 saturated heterocycles. The predicted molar refractivity (Wildman–Crippen MR) is 85.7 cm³/mol. The minimum Gasteiger partial charge on any atom is -0.495 e. The highest BCUT2D eigenvalue weighted by Crippen LogP contribution is 2.26. The van der Waals surface area contributed by atoms with E-state index in [1.54, 1.807) is 25.1 Å². The fraction of sp³-hybridized carbons (Fsp3) is 0.312. The third-order valence-electron chi connectivity index (χ3n) is 3.03. The number of carbonyl (C=O) groups excluding carboxylic acids is 1. The third kappa shape index (κ3) is 4.29. The topological polar surface area (TPSA) is 51.5 Å². The van der Waals surface area contributed by atoms with E-state index < -0.39 is 0 Å². The highest BCUT2D eigenvalue weighted by Gasteiger charge is 2.18. The summed E-state index contributed by atoms with van der Waals surface area (Å²) in [4.78, 5) is 12.4. The largest absolute Gasteiger partial charge is 0.495 e. The van der Waals surface area contributed by atoms with E-state index >= 15 is 0 Å². The first-order valence-electron chi connectivity index (χ1n) is 6.82. The Morgan fingerprint density at radius 1 is 1.33 bits per heavy atom. The molecule has 0 saturated carbocycles. The summed E-state index contributed by atoms with van der Waals surface area (Å²) in [5.41, 5.74) is 0.696. The quantitative estimate of drug-likeness (QED) is 0.842. The molecule has 1 aromatic heterocycles. The van der Waals surface area contributed by atoms with Crippen LogP contribution in [0, 0.1) is 0 Å². The molecular formula is C16H19NO3S. The van der Waals surface area contributed by atoms with Crippen LogP contribution in [-0.4, -0.2) is 18.3 Å². The lowest BCUT2D eigenvalue weighted by Crippen LogP contribution is -2.25. The highest BCUT2D eigenvalue weighted by molar-refractivity contribution is 7.99. The third-order valence-corrected chi connectivity index (χ3v) is 4.44. The Morgan fingerprint density at radius 3 is 2.81 bits per heavy atom. The Balaban J connectivity index is 1.96. The molecule has 0 bridgehead atoms. The van der Waals surface area contributed by atoms with Gasteiger partial charge in [-0.05, 0) is 30.7 Å². The highest BCUT2D eigenvalue weighted by atomic mass is 32.2. The molecule has 1 atom stereocenters. The molecule has 2 rings (SSSR count). The van der Waals surface area contributed by atoms with Crippen molar-refractivity contribution in [2.45, 2.75) is 24.3 Å². The number of furan rings is 1. The van der Waals surface area contributed by atoms with Gasteiger partial charge in [0.25, 0.3) is 0 Å². The van der Waals surface area contributed by atoms with Gasteiger partial charge in [-0.2, -0.15) is 0 Å². The number of hydrogen-bond donors (Lipinski definition) is 1. The smallest absolute Gasteiger partial charge is 0.237 e. The van der Waals surface area contributed by atoms with Gasteiger partial charge in [-0.1, -0.05) is 19.1 Å². The van der Waals surface area contributed by atoms with Crippen molar-refractivity contribution in [3.05, 3.63) is 48.4 Å². The summed E-state index contributed by atoms with van der Waals surface area (Å²) < 4.78 is 10.5. The van der Waals surface area contributed by atoms with Crippen molar-refractivity contribution in [1.82, 2.24) is 0 Å². The van der Waals surface area contributed by atoms with E-state index in [2.05, 4.69) is 5.32 Å². The van der Waals surface area contributed by atoms with E-state index in [-0.39, 0.29) is 11.2 Å². The first-order chi connectivity index (χ1) is 10.2. The Labute approximate surface area is 128 Å². The normalized spacial score (nSPS) is 11.9. The number of nitrogens with one attached hydrogen (secondary N) is 1. The molecule has 112 valence electrons. The average Bonchev–Trinajstić information content (AvgIpc) is 3.02. The number of rotatable bonds is 7. The molecule has 1 amide bonds. The van der Waals surface area contributed by atoms with Crippen LogP contribution in [0.2, 0.25) is 0 Å². The minimum absolute atomic E-state index is 0.0152. The Bertz CT molecular complexity index is 569. The zero-order valence-corrected chi connectivity index (χ0v) is 13.0. The SMILES string of the molecule is CCC(SCc1ccco1)C(=O)Nc1ccccc1OC. The first-order valence-corrected chi connectivity index (χ1v) is 7.87. The van der Waals surface area contributed by atoms with Crippen molar-refractivity contribution in [1.29, 1.82) is 0 Å². The van der Waals surface area contributed by atoms with Crippen molar-refractivity contribution in [3.8, 4) is 5.75 Å². The number of amides is 1. The van der Waals surface area contributed by atoms with Gasteiger partial charge in [0.1, 0.15) is 11.5 Å². The fourth-order valence-electron chi connectivity index (χ4n) is 1.92. The second-order valence-corrected chi connectivity index (χ2v) is 5.67. The molecule has 1 N–H and O–H groups in total. The lowest BCUT2D eigenvalue weighted by Gasteiger charge is -2.15. The monoisotopic (exact) mass is 305 g/mol. The van der Waals surface area contributed by atoms with E-state index in [1.807, 2.05) is 43.3 Å². The summed E-state index contributed by atoms with van der Waals surface area (Å²) in [6.07, 6.45) is 2.40. The summed E-state index contributed by atoms with van der Waals surface area (Å²) in [7, 11) is 1.59. The van der Waals surface area contributed by atoms with Gasteiger partial charge in [0.05, 0.1) is 30.1 Å². The van der Waals surface area contributed by atoms with Gasteiger partial charge in [-0.15, -0.1) is 11.8 Å². The van der Waals surface area contributed by atoms with Gasteiger partial charge in [0, 0.05) is 0 Å². The van der Waals surface area contributed by atoms with Crippen molar-refractivity contribution >= 4 is 23.4 Å². The van der Waals surface area contributed by atoms with E-state index in [4.69, 9.17) is 9.15 Å². The van der Waals surface area contributed by atoms with Crippen molar-refractivity contribution in [2.75, 3.05) is 12.4 Å². The maximum Gasteiger partial charge on any atom is 0.237 e. The number of anilines is 1. The summed E-state index contributed by atoms with van der Waals surface area (Å²) in [5, 5.41) is 2.80. The molecule has 0 fully saturated rings. The second-order valence-electron chi connectivity index (χ2n) is 4.48. The molecule has 0 aliphatic rings. The van der Waals surface area contributed by atoms with Crippen molar-refractivity contribution in [2.24, 2.45) is 0 Å². The Kier molecular flexibility index (Phi) is 5.75. The summed E-state index contributed by atoms with van der Waals surface area (Å²) in [6.45, 7) is 2.00. The maximum absolute atomic E-state index is 12.4. The first kappa shape index (κ1) is 15.5. The van der Waals surface area contributed by atoms with Gasteiger partial charge < -0.3 is 14.5 Å². The molecule has 0 aliphatic carbocycles. The number of carbonyl (C=O) groups is 1. The van der Waals surface area contributed by atoms with Crippen LogP contribution in [-0.2, 0) is 10.5 Å². The zero-order valence-electron chi connectivity index (χ0n) is 12.2. The maximum atomic E-state index is 12.4. The van der Waals surface area contributed by atoms with Crippen molar-refractivity contribution in [3.63, 3.8) is 0 Å². The van der Waals surface area contributed by atoms with Crippen LogP contribution in [0.15, 0.2) is 47.1 Å². The van der Waals surface area contributed by atoms with Crippen LogP contribution in [0.4, 0.5) is 5.69 Å². The molecule has 2 aromatic rings.